The zero-order valence-electron chi connectivity index (χ0n) is 11.3. The van der Waals surface area contributed by atoms with E-state index in [9.17, 15) is 5.11 Å². The van der Waals surface area contributed by atoms with Crippen molar-refractivity contribution >= 4 is 0 Å². The van der Waals surface area contributed by atoms with Crippen LogP contribution in [0.2, 0.25) is 0 Å². The van der Waals surface area contributed by atoms with Gasteiger partial charge in [0, 0.05) is 25.8 Å². The fourth-order valence-electron chi connectivity index (χ4n) is 2.53. The fourth-order valence-corrected chi connectivity index (χ4v) is 2.53. The van der Waals surface area contributed by atoms with Gasteiger partial charge >= 0.3 is 0 Å². The zero-order chi connectivity index (χ0) is 13.0. The van der Waals surface area contributed by atoms with Crippen LogP contribution >= 0.6 is 0 Å². The maximum absolute atomic E-state index is 9.53. The van der Waals surface area contributed by atoms with Crippen molar-refractivity contribution in [1.29, 1.82) is 0 Å². The first-order valence-electron chi connectivity index (χ1n) is 6.73. The highest BCUT2D eigenvalue weighted by molar-refractivity contribution is 5.29. The second kappa shape index (κ2) is 6.21. The van der Waals surface area contributed by atoms with Crippen LogP contribution in [0.4, 0.5) is 0 Å². The van der Waals surface area contributed by atoms with E-state index < -0.39 is 0 Å². The van der Waals surface area contributed by atoms with Crippen LogP contribution in [0.1, 0.15) is 31.4 Å². The maximum Gasteiger partial charge on any atom is 0.115 e. The molecule has 0 radical (unpaired) electrons. The van der Waals surface area contributed by atoms with E-state index >= 15 is 0 Å². The lowest BCUT2D eigenvalue weighted by molar-refractivity contribution is 0.0513. The van der Waals surface area contributed by atoms with Crippen molar-refractivity contribution in [3.63, 3.8) is 0 Å². The van der Waals surface area contributed by atoms with Gasteiger partial charge in [-0.15, -0.1) is 0 Å². The van der Waals surface area contributed by atoms with Crippen LogP contribution in [-0.4, -0.2) is 36.8 Å². The number of ether oxygens (including phenoxy) is 1. The molecule has 3 heteroatoms. The Balaban J connectivity index is 1.93. The highest BCUT2D eigenvalue weighted by Crippen LogP contribution is 2.25. The molecule has 1 aliphatic heterocycles. The van der Waals surface area contributed by atoms with Crippen LogP contribution in [0.5, 0.6) is 5.75 Å². The Morgan fingerprint density at radius 3 is 2.78 bits per heavy atom. The minimum atomic E-state index is 0.333. The molecule has 0 saturated carbocycles. The lowest BCUT2D eigenvalue weighted by Gasteiger charge is -2.31. The van der Waals surface area contributed by atoms with Crippen molar-refractivity contribution in [1.82, 2.24) is 4.90 Å². The van der Waals surface area contributed by atoms with Gasteiger partial charge in [-0.2, -0.15) is 0 Å². The average Bonchev–Trinajstić information content (AvgIpc) is 2.39. The monoisotopic (exact) mass is 249 g/mol. The highest BCUT2D eigenvalue weighted by Gasteiger charge is 2.19. The zero-order valence-corrected chi connectivity index (χ0v) is 11.3. The van der Waals surface area contributed by atoms with Crippen molar-refractivity contribution in [3.8, 4) is 5.75 Å². The topological polar surface area (TPSA) is 32.7 Å². The SMILES string of the molecule is CC(c1cccc(O)c1)N(C)CC1CCOCC1. The van der Waals surface area contributed by atoms with Gasteiger partial charge < -0.3 is 9.84 Å². The van der Waals surface area contributed by atoms with E-state index in [1.165, 1.54) is 5.56 Å². The van der Waals surface area contributed by atoms with Crippen molar-refractivity contribution in [2.24, 2.45) is 5.92 Å². The van der Waals surface area contributed by atoms with Crippen LogP contribution in [0.3, 0.4) is 0 Å². The van der Waals surface area contributed by atoms with Crippen LogP contribution in [-0.2, 0) is 4.74 Å². The molecule has 1 fully saturated rings. The summed E-state index contributed by atoms with van der Waals surface area (Å²) >= 11 is 0. The quantitative estimate of drug-likeness (QED) is 0.890. The summed E-state index contributed by atoms with van der Waals surface area (Å²) in [5.74, 6) is 1.09. The molecule has 0 aliphatic carbocycles. The molecule has 0 amide bonds. The van der Waals surface area contributed by atoms with Crippen molar-refractivity contribution < 1.29 is 9.84 Å². The lowest BCUT2D eigenvalue weighted by atomic mass is 9.98. The second-order valence-electron chi connectivity index (χ2n) is 5.27. The van der Waals surface area contributed by atoms with Gasteiger partial charge in [0.25, 0.3) is 0 Å². The number of aromatic hydroxyl groups is 1. The maximum atomic E-state index is 9.53. The van der Waals surface area contributed by atoms with Gasteiger partial charge in [0.2, 0.25) is 0 Å². The predicted octanol–water partition coefficient (Wildman–Crippen LogP) is 2.81. The second-order valence-corrected chi connectivity index (χ2v) is 5.27. The lowest BCUT2D eigenvalue weighted by Crippen LogP contribution is -2.31. The molecule has 3 nitrogen and oxygen atoms in total. The number of phenolic OH excluding ortho intramolecular Hbond substituents is 1. The molecule has 0 bridgehead atoms. The van der Waals surface area contributed by atoms with Crippen LogP contribution in [0.25, 0.3) is 0 Å². The van der Waals surface area contributed by atoms with Gasteiger partial charge in [0.05, 0.1) is 0 Å². The van der Waals surface area contributed by atoms with Crippen molar-refractivity contribution in [2.75, 3.05) is 26.8 Å². The highest BCUT2D eigenvalue weighted by atomic mass is 16.5. The fraction of sp³-hybridized carbons (Fsp3) is 0.600. The van der Waals surface area contributed by atoms with Gasteiger partial charge in [0.1, 0.15) is 5.75 Å². The molecule has 1 aromatic carbocycles. The van der Waals surface area contributed by atoms with E-state index in [1.54, 1.807) is 6.07 Å². The molecule has 100 valence electrons. The summed E-state index contributed by atoms with van der Waals surface area (Å²) in [5.41, 5.74) is 1.17. The molecule has 1 aromatic rings. The third-order valence-corrected chi connectivity index (χ3v) is 3.90. The smallest absolute Gasteiger partial charge is 0.115 e. The minimum Gasteiger partial charge on any atom is -0.508 e. The Morgan fingerprint density at radius 1 is 1.39 bits per heavy atom. The van der Waals surface area contributed by atoms with Gasteiger partial charge in [-0.1, -0.05) is 12.1 Å². The molecule has 1 aliphatic rings. The van der Waals surface area contributed by atoms with Crippen LogP contribution in [0.15, 0.2) is 24.3 Å². The van der Waals surface area contributed by atoms with Gasteiger partial charge in [-0.05, 0) is 50.4 Å². The first kappa shape index (κ1) is 13.4. The number of benzene rings is 1. The van der Waals surface area contributed by atoms with Gasteiger partial charge in [-0.25, -0.2) is 0 Å². The Hall–Kier alpha value is -1.06. The van der Waals surface area contributed by atoms with E-state index in [0.29, 0.717) is 11.8 Å². The Labute approximate surface area is 109 Å². The Kier molecular flexibility index (Phi) is 4.61. The molecular formula is C15H23NO2. The largest absolute Gasteiger partial charge is 0.508 e. The summed E-state index contributed by atoms with van der Waals surface area (Å²) in [7, 11) is 2.16. The molecule has 1 atom stereocenters. The Morgan fingerprint density at radius 2 is 2.11 bits per heavy atom. The standard InChI is InChI=1S/C15H23NO2/c1-12(14-4-3-5-15(17)10-14)16(2)11-13-6-8-18-9-7-13/h3-5,10,12-13,17H,6-9,11H2,1-2H3. The first-order chi connectivity index (χ1) is 8.66. The predicted molar refractivity (Wildman–Crippen MR) is 72.7 cm³/mol. The summed E-state index contributed by atoms with van der Waals surface area (Å²) in [6, 6.07) is 7.88. The van der Waals surface area contributed by atoms with E-state index in [2.05, 4.69) is 24.9 Å². The Bertz CT molecular complexity index is 375. The minimum absolute atomic E-state index is 0.333. The normalized spacial score (nSPS) is 19.1. The van der Waals surface area contributed by atoms with E-state index in [1.807, 2.05) is 12.1 Å². The molecule has 1 saturated heterocycles. The summed E-state index contributed by atoms with van der Waals surface area (Å²) in [6.07, 6.45) is 2.33. The number of rotatable bonds is 4. The summed E-state index contributed by atoms with van der Waals surface area (Å²) in [6.45, 7) is 5.09. The van der Waals surface area contributed by atoms with E-state index in [-0.39, 0.29) is 0 Å². The number of hydrogen-bond acceptors (Lipinski definition) is 3. The molecule has 18 heavy (non-hydrogen) atoms. The van der Waals surface area contributed by atoms with Crippen LogP contribution < -0.4 is 0 Å². The number of phenols is 1. The molecular weight excluding hydrogens is 226 g/mol. The van der Waals surface area contributed by atoms with Crippen LogP contribution in [0, 0.1) is 5.92 Å². The first-order valence-corrected chi connectivity index (χ1v) is 6.73. The molecule has 1 N–H and O–H groups in total. The summed E-state index contributed by atoms with van der Waals surface area (Å²) in [4.78, 5) is 2.37. The third kappa shape index (κ3) is 3.47. The van der Waals surface area contributed by atoms with E-state index in [4.69, 9.17) is 4.74 Å². The van der Waals surface area contributed by atoms with Crippen molar-refractivity contribution in [3.05, 3.63) is 29.8 Å². The molecule has 1 unspecified atom stereocenters. The molecule has 1 heterocycles. The average molecular weight is 249 g/mol. The number of nitrogens with zero attached hydrogens (tertiary/aromatic N) is 1. The van der Waals surface area contributed by atoms with Gasteiger partial charge in [-0.3, -0.25) is 4.90 Å². The number of hydrogen-bond donors (Lipinski definition) is 1. The summed E-state index contributed by atoms with van der Waals surface area (Å²) < 4.78 is 5.39. The molecule has 2 rings (SSSR count). The van der Waals surface area contributed by atoms with Gasteiger partial charge in [0.15, 0.2) is 0 Å². The van der Waals surface area contributed by atoms with Crippen molar-refractivity contribution in [2.45, 2.75) is 25.8 Å². The van der Waals surface area contributed by atoms with E-state index in [0.717, 1.165) is 38.5 Å². The molecule has 0 spiro atoms. The third-order valence-electron chi connectivity index (χ3n) is 3.90. The summed E-state index contributed by atoms with van der Waals surface area (Å²) in [5, 5.41) is 9.53. The molecule has 0 aromatic heterocycles.